The Kier molecular flexibility index (Phi) is 2.99. The van der Waals surface area contributed by atoms with Crippen LogP contribution in [0, 0.1) is 5.82 Å². The minimum absolute atomic E-state index is 0.0586. The first-order valence-corrected chi connectivity index (χ1v) is 5.12. The molecule has 2 aromatic rings. The highest BCUT2D eigenvalue weighted by Gasteiger charge is 2.22. The molecular formula is C9H5Cl2FN4O. The molecule has 0 atom stereocenters. The van der Waals surface area contributed by atoms with Crippen LogP contribution in [0.4, 0.5) is 4.39 Å². The Morgan fingerprint density at radius 2 is 1.94 bits per heavy atom. The van der Waals surface area contributed by atoms with Crippen LogP contribution in [0.5, 0.6) is 0 Å². The molecule has 0 saturated carbocycles. The van der Waals surface area contributed by atoms with E-state index in [9.17, 15) is 9.18 Å². The number of aromatic nitrogens is 3. The fraction of sp³-hybridized carbons (Fsp3) is 0. The standard InChI is InChI=1S/C9H5Cl2FN4O/c10-3-1-2-4(11)6(12)5(3)7-8(9(13)17)15-16-14-7/h1-2H,(H2,13,17)(H,14,15,16). The Labute approximate surface area is 105 Å². The maximum Gasteiger partial charge on any atom is 0.271 e. The first-order valence-electron chi connectivity index (χ1n) is 4.36. The highest BCUT2D eigenvalue weighted by molar-refractivity contribution is 6.35. The Hall–Kier alpha value is -1.66. The maximum atomic E-state index is 13.8. The zero-order valence-corrected chi connectivity index (χ0v) is 9.68. The van der Waals surface area contributed by atoms with E-state index in [2.05, 4.69) is 15.4 Å². The van der Waals surface area contributed by atoms with Crippen LogP contribution in [-0.2, 0) is 0 Å². The number of hydrogen-bond acceptors (Lipinski definition) is 3. The molecule has 0 radical (unpaired) electrons. The zero-order chi connectivity index (χ0) is 12.6. The molecule has 88 valence electrons. The van der Waals surface area contributed by atoms with Crippen molar-refractivity contribution in [2.45, 2.75) is 0 Å². The summed E-state index contributed by atoms with van der Waals surface area (Å²) in [6.45, 7) is 0. The molecule has 1 aromatic carbocycles. The van der Waals surface area contributed by atoms with Gasteiger partial charge in [-0.05, 0) is 12.1 Å². The number of nitrogens with zero attached hydrogens (tertiary/aromatic N) is 2. The molecule has 0 aliphatic carbocycles. The van der Waals surface area contributed by atoms with Crippen molar-refractivity contribution in [1.82, 2.24) is 15.4 Å². The third kappa shape index (κ3) is 1.96. The summed E-state index contributed by atoms with van der Waals surface area (Å²) in [5.41, 5.74) is 4.70. The van der Waals surface area contributed by atoms with E-state index in [1.54, 1.807) is 0 Å². The van der Waals surface area contributed by atoms with Crippen LogP contribution in [0.1, 0.15) is 10.5 Å². The monoisotopic (exact) mass is 274 g/mol. The molecule has 1 amide bonds. The van der Waals surface area contributed by atoms with Crippen molar-refractivity contribution in [3.8, 4) is 11.3 Å². The summed E-state index contributed by atoms with van der Waals surface area (Å²) in [5.74, 6) is -1.63. The largest absolute Gasteiger partial charge is 0.364 e. The predicted molar refractivity (Wildman–Crippen MR) is 60.3 cm³/mol. The molecule has 8 heteroatoms. The summed E-state index contributed by atoms with van der Waals surface area (Å²) < 4.78 is 13.8. The lowest BCUT2D eigenvalue weighted by Crippen LogP contribution is -2.13. The third-order valence-electron chi connectivity index (χ3n) is 2.06. The summed E-state index contributed by atoms with van der Waals surface area (Å²) in [6.07, 6.45) is 0. The number of aromatic amines is 1. The number of rotatable bonds is 2. The summed E-state index contributed by atoms with van der Waals surface area (Å²) in [6, 6.07) is 2.69. The Balaban J connectivity index is 2.72. The topological polar surface area (TPSA) is 84.7 Å². The number of H-pyrrole nitrogens is 1. The van der Waals surface area contributed by atoms with E-state index in [1.165, 1.54) is 12.1 Å². The molecule has 0 saturated heterocycles. The van der Waals surface area contributed by atoms with Gasteiger partial charge in [-0.15, -0.1) is 0 Å². The summed E-state index contributed by atoms with van der Waals surface area (Å²) in [5, 5.41) is 9.28. The van der Waals surface area contributed by atoms with Gasteiger partial charge in [-0.1, -0.05) is 23.2 Å². The number of halogens is 3. The second-order valence-electron chi connectivity index (χ2n) is 3.10. The number of hydrogen-bond donors (Lipinski definition) is 2. The van der Waals surface area contributed by atoms with E-state index in [-0.39, 0.29) is 27.0 Å². The molecule has 17 heavy (non-hydrogen) atoms. The average molecular weight is 275 g/mol. The number of primary amides is 1. The molecule has 3 N–H and O–H groups in total. The lowest BCUT2D eigenvalue weighted by atomic mass is 10.1. The Morgan fingerprint density at radius 1 is 1.29 bits per heavy atom. The fourth-order valence-corrected chi connectivity index (χ4v) is 1.71. The van der Waals surface area contributed by atoms with Crippen LogP contribution >= 0.6 is 23.2 Å². The molecule has 0 bridgehead atoms. The third-order valence-corrected chi connectivity index (χ3v) is 2.67. The number of carbonyl (C=O) groups is 1. The van der Waals surface area contributed by atoms with E-state index >= 15 is 0 Å². The normalized spacial score (nSPS) is 10.5. The zero-order valence-electron chi connectivity index (χ0n) is 8.17. The summed E-state index contributed by atoms with van der Waals surface area (Å²) in [7, 11) is 0. The Morgan fingerprint density at radius 3 is 2.59 bits per heavy atom. The molecule has 0 spiro atoms. The van der Waals surface area contributed by atoms with Gasteiger partial charge in [-0.25, -0.2) is 4.39 Å². The smallest absolute Gasteiger partial charge is 0.271 e. The van der Waals surface area contributed by atoms with Crippen LogP contribution < -0.4 is 5.73 Å². The highest BCUT2D eigenvalue weighted by Crippen LogP contribution is 2.34. The van der Waals surface area contributed by atoms with E-state index < -0.39 is 11.7 Å². The first kappa shape index (κ1) is 11.8. The number of benzene rings is 1. The minimum Gasteiger partial charge on any atom is -0.364 e. The quantitative estimate of drug-likeness (QED) is 0.822. The van der Waals surface area contributed by atoms with Crippen molar-refractivity contribution in [3.63, 3.8) is 0 Å². The van der Waals surface area contributed by atoms with Crippen molar-refractivity contribution in [2.24, 2.45) is 5.73 Å². The molecule has 1 heterocycles. The van der Waals surface area contributed by atoms with Gasteiger partial charge in [-0.3, -0.25) is 4.79 Å². The van der Waals surface area contributed by atoms with Gasteiger partial charge >= 0.3 is 0 Å². The second kappa shape index (κ2) is 4.31. The molecule has 5 nitrogen and oxygen atoms in total. The molecular weight excluding hydrogens is 270 g/mol. The fourth-order valence-electron chi connectivity index (χ4n) is 1.32. The van der Waals surface area contributed by atoms with E-state index in [0.29, 0.717) is 0 Å². The molecule has 0 aliphatic heterocycles. The number of amides is 1. The van der Waals surface area contributed by atoms with Gasteiger partial charge in [0.1, 0.15) is 5.69 Å². The molecule has 0 fully saturated rings. The first-order chi connectivity index (χ1) is 8.02. The van der Waals surface area contributed by atoms with Crippen molar-refractivity contribution >= 4 is 29.1 Å². The van der Waals surface area contributed by atoms with Crippen LogP contribution in [-0.4, -0.2) is 21.3 Å². The van der Waals surface area contributed by atoms with Gasteiger partial charge in [-0.2, -0.15) is 15.4 Å². The van der Waals surface area contributed by atoms with Crippen molar-refractivity contribution in [2.75, 3.05) is 0 Å². The minimum atomic E-state index is -0.843. The van der Waals surface area contributed by atoms with E-state index in [0.717, 1.165) is 0 Å². The number of nitrogens with one attached hydrogen (secondary N) is 1. The second-order valence-corrected chi connectivity index (χ2v) is 3.92. The van der Waals surface area contributed by atoms with Gasteiger partial charge in [0.2, 0.25) is 0 Å². The Bertz CT molecular complexity index is 599. The summed E-state index contributed by atoms with van der Waals surface area (Å²) in [4.78, 5) is 11.1. The molecule has 1 aromatic heterocycles. The molecule has 0 aliphatic rings. The maximum absolute atomic E-state index is 13.8. The highest BCUT2D eigenvalue weighted by atomic mass is 35.5. The lowest BCUT2D eigenvalue weighted by molar-refractivity contribution is 0.0996. The van der Waals surface area contributed by atoms with Gasteiger partial charge in [0.25, 0.3) is 5.91 Å². The van der Waals surface area contributed by atoms with Gasteiger partial charge in [0, 0.05) is 0 Å². The van der Waals surface area contributed by atoms with Crippen LogP contribution in [0.2, 0.25) is 10.0 Å². The van der Waals surface area contributed by atoms with Gasteiger partial charge < -0.3 is 5.73 Å². The van der Waals surface area contributed by atoms with Crippen LogP contribution in [0.25, 0.3) is 11.3 Å². The lowest BCUT2D eigenvalue weighted by Gasteiger charge is -2.04. The van der Waals surface area contributed by atoms with Crippen molar-refractivity contribution in [1.29, 1.82) is 0 Å². The average Bonchev–Trinajstić information content (AvgIpc) is 2.73. The predicted octanol–water partition coefficient (Wildman–Crippen LogP) is 2.02. The van der Waals surface area contributed by atoms with Gasteiger partial charge in [0.15, 0.2) is 11.5 Å². The van der Waals surface area contributed by atoms with Gasteiger partial charge in [0.05, 0.1) is 15.6 Å². The SMILES string of the molecule is NC(=O)c1n[nH]nc1-c1c(Cl)ccc(Cl)c1F. The van der Waals surface area contributed by atoms with Crippen LogP contribution in [0.3, 0.4) is 0 Å². The molecule has 0 unspecified atom stereocenters. The van der Waals surface area contributed by atoms with E-state index in [4.69, 9.17) is 28.9 Å². The summed E-state index contributed by atoms with van der Waals surface area (Å²) >= 11 is 11.5. The number of nitrogens with two attached hydrogens (primary N) is 1. The van der Waals surface area contributed by atoms with Crippen molar-refractivity contribution < 1.29 is 9.18 Å². The molecule has 2 rings (SSSR count). The van der Waals surface area contributed by atoms with Crippen molar-refractivity contribution in [3.05, 3.63) is 33.7 Å². The van der Waals surface area contributed by atoms with E-state index in [1.807, 2.05) is 0 Å². The number of carbonyl (C=O) groups excluding carboxylic acids is 1. The van der Waals surface area contributed by atoms with Crippen LogP contribution in [0.15, 0.2) is 12.1 Å².